The molecule has 0 unspecified atom stereocenters. The Balaban J connectivity index is 0.0000000924. The highest BCUT2D eigenvalue weighted by atomic mass is 15.1. The quantitative estimate of drug-likeness (QED) is 0.138. The summed E-state index contributed by atoms with van der Waals surface area (Å²) in [5.74, 6) is 0. The third kappa shape index (κ3) is 16.2. The van der Waals surface area contributed by atoms with Gasteiger partial charge in [0.2, 0.25) is 0 Å². The van der Waals surface area contributed by atoms with Crippen molar-refractivity contribution in [3.05, 3.63) is 403 Å². The normalized spacial score (nSPS) is 11.2. The van der Waals surface area contributed by atoms with Gasteiger partial charge in [0.05, 0.1) is 91.0 Å². The van der Waals surface area contributed by atoms with Crippen molar-refractivity contribution in [3.63, 3.8) is 0 Å². The Morgan fingerprint density at radius 2 is 0.307 bits per heavy atom. The Labute approximate surface area is 803 Å². The van der Waals surface area contributed by atoms with Gasteiger partial charge in [-0.05, 0) is 170 Å². The van der Waals surface area contributed by atoms with Crippen molar-refractivity contribution in [3.8, 4) is 0 Å². The van der Waals surface area contributed by atoms with Crippen LogP contribution in [0.3, 0.4) is 0 Å². The number of hydrogen-bond donors (Lipinski definition) is 0. The maximum Gasteiger partial charge on any atom is 0.142 e. The van der Waals surface area contributed by atoms with Crippen LogP contribution in [-0.2, 0) is 70.5 Å². The lowest BCUT2D eigenvalue weighted by Gasteiger charge is -1.95. The van der Waals surface area contributed by atoms with E-state index in [4.69, 9.17) is 0 Å². The van der Waals surface area contributed by atoms with E-state index in [1.54, 1.807) is 24.8 Å². The van der Waals surface area contributed by atoms with Gasteiger partial charge in [0.1, 0.15) is 33.9 Å². The van der Waals surface area contributed by atoms with Gasteiger partial charge >= 0.3 is 0 Å². The van der Waals surface area contributed by atoms with E-state index < -0.39 is 0 Å². The molecule has 0 radical (unpaired) electrons. The van der Waals surface area contributed by atoms with Gasteiger partial charge in [-0.2, -0.15) is 0 Å². The molecule has 0 saturated heterocycles. The highest BCUT2D eigenvalue weighted by molar-refractivity contribution is 6.14. The molecule has 24 heterocycles. The number of rotatable bonds is 0. The van der Waals surface area contributed by atoms with E-state index in [1.807, 2.05) is 212 Å². The number of hydrogen-bond acceptors (Lipinski definition) is 14. The minimum atomic E-state index is 0.987. The molecule has 0 bridgehead atoms. The van der Waals surface area contributed by atoms with Crippen molar-refractivity contribution in [2.75, 3.05) is 0 Å². The topological polar surface area (TPSA) is 230 Å². The van der Waals surface area contributed by atoms with E-state index >= 15 is 0 Å². The maximum absolute atomic E-state index is 4.41. The third-order valence-electron chi connectivity index (χ3n) is 26.3. The second kappa shape index (κ2) is 38.4. The average molecular weight is 1830 g/mol. The number of aryl methyl sites for hydroxylation is 10. The van der Waals surface area contributed by atoms with Crippen LogP contribution in [0.4, 0.5) is 0 Å². The van der Waals surface area contributed by atoms with Crippen LogP contribution in [-0.4, -0.2) is 115 Å². The minimum Gasteiger partial charge on any atom is -0.344 e. The molecule has 0 amide bonds. The van der Waals surface area contributed by atoms with Crippen molar-refractivity contribution in [1.82, 2.24) is 115 Å². The molecule has 30 aromatic rings. The number of fused-ring (bicyclic) bond motifs is 30. The summed E-state index contributed by atoms with van der Waals surface area (Å²) in [6.07, 6.45) is 36.8. The van der Waals surface area contributed by atoms with Crippen LogP contribution >= 0.6 is 0 Å². The van der Waals surface area contributed by atoms with Crippen molar-refractivity contribution in [1.29, 1.82) is 0 Å². The SMILES string of the molecule is Cn1c2ccccc2c2ccccc21.Cn1c2ccccc2c2cccnc21.Cn1c2ccccc2c2ccncc21.Cn1c2ccccc2c2cnccc21.Cn1c2ccccc2c2ncccc21.Cn1c2cccnc2c2cccnc21.Cn1c2ccncc2c2cccnc21.Cn1c2cnccc2c2cccnc21.Cn1c2cnccc2c2ccncc21.Cn1c2ncccc2c2cccnc21. The predicted molar refractivity (Wildman–Crippen MR) is 573 cm³/mol. The third-order valence-corrected chi connectivity index (χ3v) is 26.3. The molecule has 0 aliphatic rings. The summed E-state index contributed by atoms with van der Waals surface area (Å²) in [4.78, 5) is 59.7. The molecule has 24 nitrogen and oxygen atoms in total. The lowest BCUT2D eigenvalue weighted by molar-refractivity contribution is 0.968. The Morgan fingerprint density at radius 3 is 0.707 bits per heavy atom. The molecule has 0 spiro atoms. The highest BCUT2D eigenvalue weighted by Crippen LogP contribution is 2.35. The summed E-state index contributed by atoms with van der Waals surface area (Å²) in [5.41, 5.74) is 25.1. The first kappa shape index (κ1) is 88.0. The number of pyridine rings is 14. The fraction of sp³-hybridized carbons (Fsp3) is 0.0862. The molecule has 24 heteroatoms. The summed E-state index contributed by atoms with van der Waals surface area (Å²) in [6, 6.07) is 95.1. The predicted octanol–water partition coefficient (Wildman–Crippen LogP) is 24.8. The van der Waals surface area contributed by atoms with Crippen LogP contribution in [0.15, 0.2) is 403 Å². The van der Waals surface area contributed by atoms with Crippen LogP contribution in [0.2, 0.25) is 0 Å². The summed E-state index contributed by atoms with van der Waals surface area (Å²) in [5, 5.41) is 22.1. The van der Waals surface area contributed by atoms with E-state index in [-0.39, 0.29) is 0 Å². The van der Waals surface area contributed by atoms with Gasteiger partial charge in [-0.1, -0.05) is 109 Å². The maximum atomic E-state index is 4.41. The second-order valence-electron chi connectivity index (χ2n) is 34.0. The second-order valence-corrected chi connectivity index (χ2v) is 34.0. The van der Waals surface area contributed by atoms with Crippen molar-refractivity contribution in [2.45, 2.75) is 0 Å². The number of benzene rings is 6. The Bertz CT molecular complexity index is 7410. The fourth-order valence-corrected chi connectivity index (χ4v) is 19.4. The van der Waals surface area contributed by atoms with E-state index in [0.29, 0.717) is 0 Å². The van der Waals surface area contributed by atoms with Crippen molar-refractivity contribution in [2.24, 2.45) is 70.5 Å². The van der Waals surface area contributed by atoms with Gasteiger partial charge in [-0.15, -0.1) is 0 Å². The largest absolute Gasteiger partial charge is 0.344 e. The van der Waals surface area contributed by atoms with Crippen LogP contribution in [0.5, 0.6) is 0 Å². The zero-order valence-electron chi connectivity index (χ0n) is 78.8. The Kier molecular flexibility index (Phi) is 24.2. The number of nitrogens with zero attached hydrogens (tertiary/aromatic N) is 24. The molecular formula is C116H96N24. The van der Waals surface area contributed by atoms with Gasteiger partial charge < -0.3 is 45.7 Å². The molecule has 30 rings (SSSR count). The van der Waals surface area contributed by atoms with Crippen molar-refractivity contribution >= 4 is 219 Å². The van der Waals surface area contributed by atoms with Crippen LogP contribution in [0, 0.1) is 0 Å². The minimum absolute atomic E-state index is 0.987. The molecule has 0 aliphatic carbocycles. The summed E-state index contributed by atoms with van der Waals surface area (Å²) < 4.78 is 21.3. The first-order chi connectivity index (χ1) is 68.8. The van der Waals surface area contributed by atoms with E-state index in [2.05, 4.69) is 352 Å². The smallest absolute Gasteiger partial charge is 0.142 e. The lowest BCUT2D eigenvalue weighted by Crippen LogP contribution is -1.89. The summed E-state index contributed by atoms with van der Waals surface area (Å²) >= 11 is 0. The first-order valence-electron chi connectivity index (χ1n) is 46.0. The zero-order valence-corrected chi connectivity index (χ0v) is 78.8. The van der Waals surface area contributed by atoms with E-state index in [9.17, 15) is 0 Å². The molecule has 24 aromatic heterocycles. The number of para-hydroxylation sites is 6. The summed E-state index contributed by atoms with van der Waals surface area (Å²) in [6.45, 7) is 0. The Hall–Kier alpha value is -18.6. The van der Waals surface area contributed by atoms with E-state index in [1.165, 1.54) is 125 Å². The molecule has 0 atom stereocenters. The number of aromatic nitrogens is 24. The van der Waals surface area contributed by atoms with Crippen LogP contribution in [0.1, 0.15) is 0 Å². The van der Waals surface area contributed by atoms with Gasteiger partial charge in [0, 0.05) is 289 Å². The molecule has 0 saturated carbocycles. The molecule has 0 N–H and O–H groups in total. The first-order valence-corrected chi connectivity index (χ1v) is 46.0. The highest BCUT2D eigenvalue weighted by Gasteiger charge is 2.17. The van der Waals surface area contributed by atoms with Crippen molar-refractivity contribution < 1.29 is 0 Å². The van der Waals surface area contributed by atoms with Gasteiger partial charge in [0.25, 0.3) is 0 Å². The van der Waals surface area contributed by atoms with Gasteiger partial charge in [-0.3, -0.25) is 39.9 Å². The average Bonchev–Trinajstić information content (AvgIpc) is 1.70. The molecule has 0 aliphatic heterocycles. The molecule has 6 aromatic carbocycles. The fourth-order valence-electron chi connectivity index (χ4n) is 19.4. The molecule has 680 valence electrons. The van der Waals surface area contributed by atoms with Crippen LogP contribution in [0.25, 0.3) is 219 Å². The monoisotopic (exact) mass is 1820 g/mol. The lowest BCUT2D eigenvalue weighted by atomic mass is 10.2. The van der Waals surface area contributed by atoms with E-state index in [0.717, 1.165) is 93.9 Å². The molecular weight excluding hydrogens is 1730 g/mol. The molecule has 140 heavy (non-hydrogen) atoms. The van der Waals surface area contributed by atoms with Crippen LogP contribution < -0.4 is 0 Å². The zero-order chi connectivity index (χ0) is 95.4. The summed E-state index contributed by atoms with van der Waals surface area (Å²) in [7, 11) is 20.5. The van der Waals surface area contributed by atoms with Gasteiger partial charge in [0.15, 0.2) is 0 Å². The molecule has 0 fully saturated rings. The Morgan fingerprint density at radius 1 is 0.121 bits per heavy atom. The van der Waals surface area contributed by atoms with Gasteiger partial charge in [-0.25, -0.2) is 29.9 Å². The standard InChI is InChI=1S/C13H11N.4C12H10N2.5C11H9N3/c1-14-12-8-4-2-6-10(12)11-7-3-5-9-13(11)14;1-14-11-7-3-2-5-9(11)10-6-4-8-13-12(10)14;1-14-10-6-3-2-5-9(10)12-11(14)7-4-8-13-12;1-14-11-5-3-2-4-9(11)10-8-13-7-6-12(10)14;1-14-11-5-3-2-4-9(11)10-6-7-13-8-12(10)14;1-14-10-6-12-4-2-8(10)9-3-5-13-7-11(9)14;1-14-9-5-3-6-12-10(9)8-4-2-7-13-11(8)14;1-14-10-8(4-2-6-12-10)9-5-3-7-13-11(9)14;1-14-10-7-12-6-4-8(10)9-3-2-5-13-11(9)14;1-14-10-4-6-12-7-9(10)8-3-2-5-13-11(8)14/h2-9H,1H3;4*2-8H,1H3;5*2-7H,1H3.